The number of esters is 1. The zero-order chi connectivity index (χ0) is 16.6. The Morgan fingerprint density at radius 3 is 3.09 bits per heavy atom. The molecule has 1 fully saturated rings. The minimum atomic E-state index is -0.272. The zero-order valence-corrected chi connectivity index (χ0v) is 13.1. The Bertz CT molecular complexity index is 779. The second-order valence-electron chi connectivity index (χ2n) is 5.99. The van der Waals surface area contributed by atoms with Gasteiger partial charge in [0.2, 0.25) is 5.95 Å². The molecular formula is C15H20N4O4. The monoisotopic (exact) mass is 320 g/mol. The summed E-state index contributed by atoms with van der Waals surface area (Å²) in [6.45, 7) is 3.82. The summed E-state index contributed by atoms with van der Waals surface area (Å²) >= 11 is 0. The molecule has 3 rings (SSSR count). The van der Waals surface area contributed by atoms with Crippen LogP contribution in [-0.2, 0) is 14.3 Å². The lowest BCUT2D eigenvalue weighted by molar-refractivity contribution is -0.152. The topological polar surface area (TPSA) is 112 Å². The Labute approximate surface area is 132 Å². The van der Waals surface area contributed by atoms with Crippen molar-refractivity contribution in [2.75, 3.05) is 12.3 Å². The number of nitrogens with one attached hydrogen (secondary N) is 1. The highest BCUT2D eigenvalue weighted by molar-refractivity contribution is 5.76. The molecule has 2 aromatic rings. The number of hydrogen-bond donors (Lipinski definition) is 2. The van der Waals surface area contributed by atoms with Crippen LogP contribution in [0.5, 0.6) is 0 Å². The van der Waals surface area contributed by atoms with E-state index in [-0.39, 0.29) is 42.3 Å². The molecule has 8 heteroatoms. The van der Waals surface area contributed by atoms with Gasteiger partial charge in [-0.2, -0.15) is 4.98 Å². The number of rotatable bonds is 4. The fourth-order valence-corrected chi connectivity index (χ4v) is 2.65. The van der Waals surface area contributed by atoms with E-state index in [1.165, 1.54) is 0 Å². The van der Waals surface area contributed by atoms with Crippen LogP contribution in [0.2, 0.25) is 0 Å². The van der Waals surface area contributed by atoms with Gasteiger partial charge in [-0.1, -0.05) is 13.8 Å². The van der Waals surface area contributed by atoms with E-state index in [9.17, 15) is 9.59 Å². The number of aromatic amines is 1. The van der Waals surface area contributed by atoms with Gasteiger partial charge >= 0.3 is 5.97 Å². The molecule has 0 spiro atoms. The number of nitrogens with two attached hydrogens (primary N) is 1. The van der Waals surface area contributed by atoms with E-state index in [0.29, 0.717) is 11.0 Å². The summed E-state index contributed by atoms with van der Waals surface area (Å²) in [5.41, 5.74) is 5.83. The van der Waals surface area contributed by atoms with Crippen molar-refractivity contribution in [1.82, 2.24) is 14.5 Å². The minimum Gasteiger partial charge on any atom is -0.463 e. The third-order valence-electron chi connectivity index (χ3n) is 3.88. The van der Waals surface area contributed by atoms with Gasteiger partial charge in [-0.25, -0.2) is 0 Å². The largest absolute Gasteiger partial charge is 0.463 e. The van der Waals surface area contributed by atoms with Crippen molar-refractivity contribution in [2.45, 2.75) is 39.0 Å². The van der Waals surface area contributed by atoms with Crippen LogP contribution in [0.3, 0.4) is 0 Å². The summed E-state index contributed by atoms with van der Waals surface area (Å²) in [5, 5.41) is 0.470. The lowest BCUT2D eigenvalue weighted by Crippen LogP contribution is -2.21. The maximum atomic E-state index is 11.8. The van der Waals surface area contributed by atoms with Crippen LogP contribution >= 0.6 is 0 Å². The highest BCUT2D eigenvalue weighted by atomic mass is 16.6. The first-order valence-corrected chi connectivity index (χ1v) is 7.64. The van der Waals surface area contributed by atoms with Crippen LogP contribution in [0.15, 0.2) is 17.1 Å². The van der Waals surface area contributed by atoms with Crippen molar-refractivity contribution in [3.8, 4) is 0 Å². The number of aromatic nitrogens is 3. The summed E-state index contributed by atoms with van der Waals surface area (Å²) in [7, 11) is 0. The van der Waals surface area contributed by atoms with Gasteiger partial charge in [0.25, 0.3) is 5.56 Å². The fourth-order valence-electron chi connectivity index (χ4n) is 2.65. The molecule has 0 amide bonds. The molecule has 2 unspecified atom stereocenters. The van der Waals surface area contributed by atoms with E-state index >= 15 is 0 Å². The molecule has 0 bridgehead atoms. The third-order valence-corrected chi connectivity index (χ3v) is 3.88. The first kappa shape index (κ1) is 15.5. The number of hydrogen-bond acceptors (Lipinski definition) is 6. The van der Waals surface area contributed by atoms with E-state index < -0.39 is 0 Å². The molecule has 0 aliphatic carbocycles. The molecule has 2 aromatic heterocycles. The van der Waals surface area contributed by atoms with E-state index in [1.54, 1.807) is 30.7 Å². The molecule has 3 N–H and O–H groups in total. The van der Waals surface area contributed by atoms with Crippen molar-refractivity contribution in [2.24, 2.45) is 5.92 Å². The first-order valence-electron chi connectivity index (χ1n) is 7.64. The summed E-state index contributed by atoms with van der Waals surface area (Å²) in [6.07, 6.45) is 2.89. The van der Waals surface area contributed by atoms with E-state index in [0.717, 1.165) is 12.8 Å². The highest BCUT2D eigenvalue weighted by Crippen LogP contribution is 2.30. The molecular weight excluding hydrogens is 300 g/mol. The Balaban J connectivity index is 1.72. The SMILES string of the molecule is CC(C)C(=O)OCC1CCC(n2ccc3c(=O)[nH]c(N)nc32)O1. The Morgan fingerprint density at radius 2 is 2.35 bits per heavy atom. The van der Waals surface area contributed by atoms with Crippen LogP contribution in [0.4, 0.5) is 5.95 Å². The molecule has 1 aliphatic heterocycles. The number of anilines is 1. The number of carbonyl (C=O) groups excluding carboxylic acids is 1. The molecule has 8 nitrogen and oxygen atoms in total. The summed E-state index contributed by atoms with van der Waals surface area (Å²) in [4.78, 5) is 30.0. The second-order valence-corrected chi connectivity index (χ2v) is 5.99. The smallest absolute Gasteiger partial charge is 0.308 e. The molecule has 0 saturated carbocycles. The number of nitrogens with zero attached hydrogens (tertiary/aromatic N) is 2. The lowest BCUT2D eigenvalue weighted by Gasteiger charge is -2.16. The Kier molecular flexibility index (Phi) is 4.08. The quantitative estimate of drug-likeness (QED) is 0.818. The minimum absolute atomic E-state index is 0.0721. The number of H-pyrrole nitrogens is 1. The summed E-state index contributed by atoms with van der Waals surface area (Å²) in [6, 6.07) is 1.69. The third kappa shape index (κ3) is 3.07. The van der Waals surface area contributed by atoms with Gasteiger partial charge in [-0.3, -0.25) is 14.6 Å². The van der Waals surface area contributed by atoms with E-state index in [4.69, 9.17) is 15.2 Å². The molecule has 23 heavy (non-hydrogen) atoms. The predicted molar refractivity (Wildman–Crippen MR) is 83.7 cm³/mol. The number of fused-ring (bicyclic) bond motifs is 1. The van der Waals surface area contributed by atoms with Gasteiger partial charge in [0, 0.05) is 6.20 Å². The predicted octanol–water partition coefficient (Wildman–Crippen LogP) is 1.18. The molecule has 124 valence electrons. The van der Waals surface area contributed by atoms with Crippen molar-refractivity contribution in [1.29, 1.82) is 0 Å². The summed E-state index contributed by atoms with van der Waals surface area (Å²) < 4.78 is 12.9. The molecule has 3 heterocycles. The molecule has 1 saturated heterocycles. The molecule has 1 aliphatic rings. The maximum absolute atomic E-state index is 11.8. The van der Waals surface area contributed by atoms with Gasteiger partial charge in [-0.05, 0) is 18.9 Å². The number of carbonyl (C=O) groups is 1. The van der Waals surface area contributed by atoms with E-state index in [1.807, 2.05) is 0 Å². The Hall–Kier alpha value is -2.35. The fraction of sp³-hybridized carbons (Fsp3) is 0.533. The maximum Gasteiger partial charge on any atom is 0.308 e. The van der Waals surface area contributed by atoms with Crippen LogP contribution in [-0.4, -0.2) is 33.2 Å². The molecule has 2 atom stereocenters. The Morgan fingerprint density at radius 1 is 1.57 bits per heavy atom. The van der Waals surface area contributed by atoms with Gasteiger partial charge in [0.1, 0.15) is 12.8 Å². The number of ether oxygens (including phenoxy) is 2. The lowest BCUT2D eigenvalue weighted by atomic mass is 10.2. The van der Waals surface area contributed by atoms with Gasteiger partial charge in [0.15, 0.2) is 5.65 Å². The summed E-state index contributed by atoms with van der Waals surface area (Å²) in [5.74, 6) is -0.313. The van der Waals surface area contributed by atoms with Gasteiger partial charge in [0.05, 0.1) is 17.4 Å². The van der Waals surface area contributed by atoms with Crippen molar-refractivity contribution in [3.63, 3.8) is 0 Å². The number of nitrogen functional groups attached to an aromatic ring is 1. The highest BCUT2D eigenvalue weighted by Gasteiger charge is 2.29. The second kappa shape index (κ2) is 6.04. The van der Waals surface area contributed by atoms with Crippen molar-refractivity contribution >= 4 is 23.0 Å². The normalized spacial score (nSPS) is 21.2. The van der Waals surface area contributed by atoms with Gasteiger partial charge in [-0.15, -0.1) is 0 Å². The zero-order valence-electron chi connectivity index (χ0n) is 13.1. The molecule has 0 radical (unpaired) electrons. The average Bonchev–Trinajstić information content (AvgIpc) is 3.10. The van der Waals surface area contributed by atoms with Crippen LogP contribution < -0.4 is 11.3 Å². The van der Waals surface area contributed by atoms with Gasteiger partial charge < -0.3 is 19.8 Å². The van der Waals surface area contributed by atoms with Crippen molar-refractivity contribution in [3.05, 3.63) is 22.6 Å². The van der Waals surface area contributed by atoms with Crippen LogP contribution in [0.1, 0.15) is 32.9 Å². The van der Waals surface area contributed by atoms with Crippen LogP contribution in [0.25, 0.3) is 11.0 Å². The first-order chi connectivity index (χ1) is 11.0. The average molecular weight is 320 g/mol. The van der Waals surface area contributed by atoms with E-state index in [2.05, 4.69) is 9.97 Å². The standard InChI is InChI=1S/C15H20N4O4/c1-8(2)14(21)22-7-9-3-4-11(23-9)19-6-5-10-12(19)17-15(16)18-13(10)20/h5-6,8-9,11H,3-4,7H2,1-2H3,(H3,16,17,18,20). The van der Waals surface area contributed by atoms with Crippen molar-refractivity contribution < 1.29 is 14.3 Å². The molecule has 0 aromatic carbocycles. The van der Waals surface area contributed by atoms with Crippen LogP contribution in [0, 0.1) is 5.92 Å².